The molecule has 0 spiro atoms. The highest BCUT2D eigenvalue weighted by molar-refractivity contribution is 5.85. The molecule has 0 saturated heterocycles. The van der Waals surface area contributed by atoms with E-state index in [0.29, 0.717) is 12.3 Å². The Labute approximate surface area is 234 Å². The average Bonchev–Trinajstić information content (AvgIpc) is 3.54. The number of hydrogen-bond acceptors (Lipinski definition) is 4. The van der Waals surface area contributed by atoms with Gasteiger partial charge in [-0.05, 0) is 61.1 Å². The van der Waals surface area contributed by atoms with Crippen molar-refractivity contribution < 1.29 is 14.6 Å². The van der Waals surface area contributed by atoms with Gasteiger partial charge in [0.1, 0.15) is 17.4 Å². The Morgan fingerprint density at radius 2 is 1.85 bits per heavy atom. The molecule has 3 heterocycles. The van der Waals surface area contributed by atoms with Crippen LogP contribution in [-0.2, 0) is 25.9 Å². The molecule has 7 heteroatoms. The van der Waals surface area contributed by atoms with Crippen LogP contribution >= 0.6 is 0 Å². The van der Waals surface area contributed by atoms with Crippen molar-refractivity contribution in [3.05, 3.63) is 89.6 Å². The maximum atomic E-state index is 11.2. The van der Waals surface area contributed by atoms with Crippen molar-refractivity contribution in [2.24, 2.45) is 0 Å². The molecule has 0 saturated carbocycles. The fourth-order valence-electron chi connectivity index (χ4n) is 5.70. The summed E-state index contributed by atoms with van der Waals surface area (Å²) >= 11 is 0. The Balaban J connectivity index is 1.37. The SMILES string of the molecule is CCCCc1nc2c(C)cc(-c3cn4c(n3)CCCC4)cc2n1Cc1ccc(-c2ccccc2OC(=O)O)cc1. The third kappa shape index (κ3) is 5.11. The molecule has 7 nitrogen and oxygen atoms in total. The molecule has 0 amide bonds. The van der Waals surface area contributed by atoms with Gasteiger partial charge in [0.15, 0.2) is 0 Å². The minimum absolute atomic E-state index is 0.328. The van der Waals surface area contributed by atoms with Crippen LogP contribution < -0.4 is 4.74 Å². The maximum absolute atomic E-state index is 11.2. The first-order valence-electron chi connectivity index (χ1n) is 14.2. The third-order valence-electron chi connectivity index (χ3n) is 7.77. The van der Waals surface area contributed by atoms with Crippen molar-refractivity contribution in [1.82, 2.24) is 19.1 Å². The van der Waals surface area contributed by atoms with Gasteiger partial charge in [-0.2, -0.15) is 0 Å². The van der Waals surface area contributed by atoms with E-state index in [4.69, 9.17) is 19.8 Å². The largest absolute Gasteiger partial charge is 0.511 e. The molecule has 1 aliphatic heterocycles. The number of nitrogens with zero attached hydrogens (tertiary/aromatic N) is 4. The van der Waals surface area contributed by atoms with Crippen molar-refractivity contribution in [2.45, 2.75) is 65.5 Å². The molecule has 0 radical (unpaired) electrons. The molecule has 40 heavy (non-hydrogen) atoms. The molecule has 1 N–H and O–H groups in total. The van der Waals surface area contributed by atoms with Gasteiger partial charge in [-0.1, -0.05) is 55.8 Å². The van der Waals surface area contributed by atoms with E-state index >= 15 is 0 Å². The number of carbonyl (C=O) groups is 1. The summed E-state index contributed by atoms with van der Waals surface area (Å²) in [5.74, 6) is 2.62. The minimum Gasteiger partial charge on any atom is -0.449 e. The predicted octanol–water partition coefficient (Wildman–Crippen LogP) is 7.66. The number of ether oxygens (including phenoxy) is 1. The van der Waals surface area contributed by atoms with E-state index in [0.717, 1.165) is 77.0 Å². The normalized spacial score (nSPS) is 12.9. The first-order chi connectivity index (χ1) is 19.5. The predicted molar refractivity (Wildman–Crippen MR) is 157 cm³/mol. The Hall–Kier alpha value is -4.39. The summed E-state index contributed by atoms with van der Waals surface area (Å²) in [6, 6.07) is 19.9. The molecule has 5 aromatic rings. The summed E-state index contributed by atoms with van der Waals surface area (Å²) in [7, 11) is 0. The fourth-order valence-corrected chi connectivity index (χ4v) is 5.70. The van der Waals surface area contributed by atoms with E-state index in [1.165, 1.54) is 24.2 Å². The van der Waals surface area contributed by atoms with E-state index in [9.17, 15) is 4.79 Å². The second-order valence-corrected chi connectivity index (χ2v) is 10.6. The van der Waals surface area contributed by atoms with Gasteiger partial charge in [0.25, 0.3) is 0 Å². The number of carboxylic acid groups (broad SMARTS) is 1. The van der Waals surface area contributed by atoms with E-state index in [-0.39, 0.29) is 0 Å². The number of para-hydroxylation sites is 1. The zero-order valence-electron chi connectivity index (χ0n) is 23.1. The first kappa shape index (κ1) is 25.9. The molecule has 0 unspecified atom stereocenters. The van der Waals surface area contributed by atoms with Crippen molar-refractivity contribution in [3.8, 4) is 28.1 Å². The Bertz CT molecular complexity index is 1660. The zero-order valence-corrected chi connectivity index (χ0v) is 23.1. The quantitative estimate of drug-likeness (QED) is 0.163. The number of imidazole rings is 2. The fraction of sp³-hybridized carbons (Fsp3) is 0.303. The molecule has 0 atom stereocenters. The van der Waals surface area contributed by atoms with Crippen LogP contribution in [0.2, 0.25) is 0 Å². The van der Waals surface area contributed by atoms with Gasteiger partial charge in [0.05, 0.1) is 16.7 Å². The summed E-state index contributed by atoms with van der Waals surface area (Å²) in [6.45, 7) is 6.10. The lowest BCUT2D eigenvalue weighted by molar-refractivity contribution is 0.144. The standard InChI is InChI=1S/C33H34N4O3/c1-3-4-11-31-35-32-22(2)18-25(27-21-36-17-8-7-12-30(36)34-27)19-28(32)37(31)20-23-13-15-24(16-14-23)26-9-5-6-10-29(26)40-33(38)39/h5-6,9-10,13-16,18-19,21H,3-4,7-8,11-12,17,20H2,1-2H3,(H,38,39). The lowest BCUT2D eigenvalue weighted by atomic mass is 10.0. The second-order valence-electron chi connectivity index (χ2n) is 10.6. The number of fused-ring (bicyclic) bond motifs is 2. The van der Waals surface area contributed by atoms with Crippen molar-refractivity contribution in [3.63, 3.8) is 0 Å². The van der Waals surface area contributed by atoms with Crippen LogP contribution in [0.4, 0.5) is 4.79 Å². The molecule has 3 aromatic carbocycles. The van der Waals surface area contributed by atoms with Gasteiger partial charge in [-0.3, -0.25) is 0 Å². The molecule has 204 valence electrons. The number of hydrogen-bond donors (Lipinski definition) is 1. The molecule has 2 aromatic heterocycles. The van der Waals surface area contributed by atoms with Crippen LogP contribution in [0.3, 0.4) is 0 Å². The number of rotatable bonds is 8. The van der Waals surface area contributed by atoms with Gasteiger partial charge in [0, 0.05) is 43.3 Å². The molecule has 1 aliphatic rings. The highest BCUT2D eigenvalue weighted by Gasteiger charge is 2.18. The number of aromatic nitrogens is 4. The van der Waals surface area contributed by atoms with Crippen molar-refractivity contribution >= 4 is 17.2 Å². The van der Waals surface area contributed by atoms with Crippen molar-refractivity contribution in [2.75, 3.05) is 0 Å². The molecule has 0 aliphatic carbocycles. The summed E-state index contributed by atoms with van der Waals surface area (Å²) in [4.78, 5) is 21.3. The third-order valence-corrected chi connectivity index (χ3v) is 7.77. The van der Waals surface area contributed by atoms with Gasteiger partial charge >= 0.3 is 6.16 Å². The smallest absolute Gasteiger partial charge is 0.449 e. The van der Waals surface area contributed by atoms with E-state index in [1.54, 1.807) is 12.1 Å². The van der Waals surface area contributed by atoms with Crippen LogP contribution in [0.1, 0.15) is 55.4 Å². The summed E-state index contributed by atoms with van der Waals surface area (Å²) in [5, 5.41) is 9.12. The van der Waals surface area contributed by atoms with Gasteiger partial charge < -0.3 is 19.0 Å². The second kappa shape index (κ2) is 11.0. The average molecular weight is 535 g/mol. The van der Waals surface area contributed by atoms with Crippen molar-refractivity contribution in [1.29, 1.82) is 0 Å². The molecule has 0 bridgehead atoms. The van der Waals surface area contributed by atoms with E-state index < -0.39 is 6.16 Å². The van der Waals surface area contributed by atoms with Crippen LogP contribution in [0.15, 0.2) is 66.9 Å². The Morgan fingerprint density at radius 3 is 2.62 bits per heavy atom. The summed E-state index contributed by atoms with van der Waals surface area (Å²) in [5.41, 5.74) is 8.34. The highest BCUT2D eigenvalue weighted by atomic mass is 16.7. The molecule has 6 rings (SSSR count). The number of aryl methyl sites for hydroxylation is 4. The summed E-state index contributed by atoms with van der Waals surface area (Å²) < 4.78 is 9.66. The Morgan fingerprint density at radius 1 is 1.02 bits per heavy atom. The Kier molecular flexibility index (Phi) is 7.11. The molecule has 0 fully saturated rings. The highest BCUT2D eigenvalue weighted by Crippen LogP contribution is 2.32. The van der Waals surface area contributed by atoms with Gasteiger partial charge in [-0.15, -0.1) is 0 Å². The van der Waals surface area contributed by atoms with Crippen LogP contribution in [0, 0.1) is 6.92 Å². The lowest BCUT2D eigenvalue weighted by Crippen LogP contribution is -2.08. The van der Waals surface area contributed by atoms with Crippen LogP contribution in [0.25, 0.3) is 33.4 Å². The lowest BCUT2D eigenvalue weighted by Gasteiger charge is -2.12. The first-order valence-corrected chi connectivity index (χ1v) is 14.2. The summed E-state index contributed by atoms with van der Waals surface area (Å²) in [6.07, 6.45) is 7.48. The topological polar surface area (TPSA) is 82.2 Å². The molecular formula is C33H34N4O3. The van der Waals surface area contributed by atoms with E-state index in [2.05, 4.69) is 53.4 Å². The monoisotopic (exact) mass is 534 g/mol. The number of unbranched alkanes of at least 4 members (excludes halogenated alkanes) is 1. The van der Waals surface area contributed by atoms with Crippen LogP contribution in [-0.4, -0.2) is 30.4 Å². The zero-order chi connectivity index (χ0) is 27.6. The molecular weight excluding hydrogens is 500 g/mol. The minimum atomic E-state index is -1.32. The number of benzene rings is 3. The van der Waals surface area contributed by atoms with Gasteiger partial charge in [-0.25, -0.2) is 14.8 Å². The maximum Gasteiger partial charge on any atom is 0.511 e. The van der Waals surface area contributed by atoms with Crippen LogP contribution in [0.5, 0.6) is 5.75 Å². The van der Waals surface area contributed by atoms with Gasteiger partial charge in [0.2, 0.25) is 0 Å². The van der Waals surface area contributed by atoms with E-state index in [1.807, 2.05) is 24.3 Å².